The highest BCUT2D eigenvalue weighted by Crippen LogP contribution is 2.40. The van der Waals surface area contributed by atoms with Crippen molar-refractivity contribution in [2.45, 2.75) is 18.1 Å². The minimum absolute atomic E-state index is 0.208. The van der Waals surface area contributed by atoms with E-state index < -0.39 is 0 Å². The summed E-state index contributed by atoms with van der Waals surface area (Å²) in [4.78, 5) is 5.00. The summed E-state index contributed by atoms with van der Waals surface area (Å²) < 4.78 is 5.18. The molecule has 0 aromatic carbocycles. The Morgan fingerprint density at radius 3 is 3.12 bits per heavy atom. The van der Waals surface area contributed by atoms with Crippen LogP contribution in [0.5, 0.6) is 5.75 Å². The average Bonchev–Trinajstić information content (AvgIpc) is 2.96. The largest absolute Gasteiger partial charge is 0.506 e. The molecule has 1 saturated heterocycles. The number of nitrogens with zero attached hydrogens (tertiary/aromatic N) is 2. The van der Waals surface area contributed by atoms with E-state index >= 15 is 0 Å². The van der Waals surface area contributed by atoms with E-state index in [4.69, 9.17) is 4.52 Å². The molecule has 2 aromatic rings. The highest BCUT2D eigenvalue weighted by atomic mass is 32.2. The van der Waals surface area contributed by atoms with Gasteiger partial charge in [0, 0.05) is 0 Å². The van der Waals surface area contributed by atoms with Gasteiger partial charge in [-0.25, -0.2) is 0 Å². The van der Waals surface area contributed by atoms with E-state index in [1.54, 1.807) is 11.4 Å². The monoisotopic (exact) mass is 254 g/mol. The van der Waals surface area contributed by atoms with Gasteiger partial charge in [0.25, 0.3) is 5.89 Å². The smallest absolute Gasteiger partial charge is 0.271 e. The summed E-state index contributed by atoms with van der Waals surface area (Å²) in [5.74, 6) is 2.55. The Hall–Kier alpha value is -1.01. The lowest BCUT2D eigenvalue weighted by Crippen LogP contribution is -1.90. The number of aromatic hydroxyl groups is 1. The minimum atomic E-state index is 0.208. The van der Waals surface area contributed by atoms with Crippen LogP contribution in [0.4, 0.5) is 0 Å². The van der Waals surface area contributed by atoms with Crippen LogP contribution in [0.2, 0.25) is 0 Å². The van der Waals surface area contributed by atoms with Crippen LogP contribution in [-0.2, 0) is 0 Å². The third-order valence-corrected chi connectivity index (χ3v) is 4.76. The van der Waals surface area contributed by atoms with Crippen molar-refractivity contribution in [3.63, 3.8) is 0 Å². The molecule has 0 saturated carbocycles. The molecule has 84 valence electrons. The van der Waals surface area contributed by atoms with Gasteiger partial charge in [-0.2, -0.15) is 16.7 Å². The van der Waals surface area contributed by atoms with Gasteiger partial charge in [-0.1, -0.05) is 5.16 Å². The van der Waals surface area contributed by atoms with Crippen LogP contribution in [-0.4, -0.2) is 21.0 Å². The van der Waals surface area contributed by atoms with Crippen LogP contribution in [0.1, 0.15) is 23.9 Å². The lowest BCUT2D eigenvalue weighted by atomic mass is 10.2. The summed E-state index contributed by atoms with van der Waals surface area (Å²) in [6, 6.07) is 1.63. The van der Waals surface area contributed by atoms with Crippen molar-refractivity contribution in [1.29, 1.82) is 0 Å². The van der Waals surface area contributed by atoms with E-state index in [9.17, 15) is 5.11 Å². The van der Waals surface area contributed by atoms with E-state index in [0.717, 1.165) is 12.2 Å². The summed E-state index contributed by atoms with van der Waals surface area (Å²) in [5, 5.41) is 15.7. The molecule has 3 rings (SSSR count). The molecule has 1 unspecified atom stereocenters. The fraction of sp³-hybridized carbons (Fsp3) is 0.400. The molecule has 1 fully saturated rings. The standard InChI is InChI=1S/C10H10N2O2S2/c13-6-3-5-16-8(6)10-11-9(12-14-10)7-2-1-4-15-7/h3,5,7,13H,1-2,4H2. The van der Waals surface area contributed by atoms with Crippen LogP contribution in [0.25, 0.3) is 10.8 Å². The molecule has 6 heteroatoms. The molecule has 4 nitrogen and oxygen atoms in total. The van der Waals surface area contributed by atoms with E-state index in [-0.39, 0.29) is 5.75 Å². The first kappa shape index (κ1) is 10.2. The Morgan fingerprint density at radius 1 is 1.50 bits per heavy atom. The highest BCUT2D eigenvalue weighted by Gasteiger charge is 2.24. The topological polar surface area (TPSA) is 59.2 Å². The van der Waals surface area contributed by atoms with Crippen molar-refractivity contribution < 1.29 is 9.63 Å². The van der Waals surface area contributed by atoms with Gasteiger partial charge >= 0.3 is 0 Å². The Balaban J connectivity index is 1.90. The van der Waals surface area contributed by atoms with Crippen LogP contribution < -0.4 is 0 Å². The van der Waals surface area contributed by atoms with Gasteiger partial charge in [0.2, 0.25) is 0 Å². The molecule has 2 aromatic heterocycles. The molecule has 0 radical (unpaired) electrons. The first-order valence-corrected chi connectivity index (χ1v) is 6.99. The van der Waals surface area contributed by atoms with Crippen molar-refractivity contribution in [1.82, 2.24) is 10.1 Å². The van der Waals surface area contributed by atoms with Crippen LogP contribution in [0.15, 0.2) is 16.0 Å². The second-order valence-electron chi connectivity index (χ2n) is 3.59. The Kier molecular flexibility index (Phi) is 2.61. The Morgan fingerprint density at radius 2 is 2.44 bits per heavy atom. The Bertz CT molecular complexity index is 488. The van der Waals surface area contributed by atoms with Gasteiger partial charge < -0.3 is 9.63 Å². The van der Waals surface area contributed by atoms with Crippen molar-refractivity contribution in [3.05, 3.63) is 17.3 Å². The molecular weight excluding hydrogens is 244 g/mol. The van der Waals surface area contributed by atoms with E-state index in [2.05, 4.69) is 10.1 Å². The van der Waals surface area contributed by atoms with Gasteiger partial charge in [-0.15, -0.1) is 11.3 Å². The molecule has 1 N–H and O–H groups in total. The maximum atomic E-state index is 9.56. The fourth-order valence-corrected chi connectivity index (χ4v) is 3.60. The molecule has 1 aliphatic heterocycles. The number of aromatic nitrogens is 2. The van der Waals surface area contributed by atoms with Crippen molar-refractivity contribution in [2.24, 2.45) is 0 Å². The molecule has 0 bridgehead atoms. The van der Waals surface area contributed by atoms with Gasteiger partial charge in [-0.05, 0) is 30.0 Å². The summed E-state index contributed by atoms with van der Waals surface area (Å²) in [6.07, 6.45) is 2.32. The zero-order chi connectivity index (χ0) is 11.0. The first-order chi connectivity index (χ1) is 7.84. The third-order valence-electron chi connectivity index (χ3n) is 2.50. The Labute approximate surface area is 101 Å². The predicted molar refractivity (Wildman–Crippen MR) is 63.7 cm³/mol. The van der Waals surface area contributed by atoms with E-state index in [0.29, 0.717) is 16.0 Å². The average molecular weight is 254 g/mol. The van der Waals surface area contributed by atoms with Crippen LogP contribution >= 0.6 is 23.1 Å². The van der Waals surface area contributed by atoms with Crippen molar-refractivity contribution in [2.75, 3.05) is 5.75 Å². The quantitative estimate of drug-likeness (QED) is 0.892. The number of thiophene rings is 1. The lowest BCUT2D eigenvalue weighted by molar-refractivity contribution is 0.418. The summed E-state index contributed by atoms with van der Waals surface area (Å²) >= 11 is 3.27. The van der Waals surface area contributed by atoms with Crippen LogP contribution in [0, 0.1) is 0 Å². The van der Waals surface area contributed by atoms with Gasteiger partial charge in [0.1, 0.15) is 10.6 Å². The first-order valence-electron chi connectivity index (χ1n) is 5.06. The molecule has 16 heavy (non-hydrogen) atoms. The fourth-order valence-electron chi connectivity index (χ4n) is 1.70. The minimum Gasteiger partial charge on any atom is -0.506 e. The lowest BCUT2D eigenvalue weighted by Gasteiger charge is -1.98. The summed E-state index contributed by atoms with van der Waals surface area (Å²) in [6.45, 7) is 0. The number of hydrogen-bond donors (Lipinski definition) is 1. The van der Waals surface area contributed by atoms with E-state index in [1.165, 1.54) is 23.5 Å². The summed E-state index contributed by atoms with van der Waals surface area (Å²) in [5.41, 5.74) is 0. The number of thioether (sulfide) groups is 1. The van der Waals surface area contributed by atoms with Crippen LogP contribution in [0.3, 0.4) is 0 Å². The molecule has 0 amide bonds. The predicted octanol–water partition coefficient (Wildman–Crippen LogP) is 3.07. The highest BCUT2D eigenvalue weighted by molar-refractivity contribution is 7.99. The van der Waals surface area contributed by atoms with Gasteiger partial charge in [0.05, 0.1) is 5.25 Å². The van der Waals surface area contributed by atoms with Crippen molar-refractivity contribution in [3.8, 4) is 16.5 Å². The van der Waals surface area contributed by atoms with Gasteiger partial charge in [-0.3, -0.25) is 0 Å². The molecule has 1 atom stereocenters. The zero-order valence-electron chi connectivity index (χ0n) is 8.42. The molecule has 3 heterocycles. The second kappa shape index (κ2) is 4.10. The summed E-state index contributed by atoms with van der Waals surface area (Å²) in [7, 11) is 0. The molecule has 0 spiro atoms. The van der Waals surface area contributed by atoms with E-state index in [1.807, 2.05) is 11.8 Å². The van der Waals surface area contributed by atoms with Gasteiger partial charge in [0.15, 0.2) is 5.82 Å². The maximum Gasteiger partial charge on any atom is 0.271 e. The molecule has 1 aliphatic rings. The van der Waals surface area contributed by atoms with Crippen molar-refractivity contribution >= 4 is 23.1 Å². The maximum absolute atomic E-state index is 9.56. The SMILES string of the molecule is Oc1ccsc1-c1nc(C2CCCS2)no1. The second-order valence-corrected chi connectivity index (χ2v) is 5.82. The normalized spacial score (nSPS) is 20.4. The molecular formula is C10H10N2O2S2. The zero-order valence-corrected chi connectivity index (χ0v) is 10.1. The number of rotatable bonds is 2. The third kappa shape index (κ3) is 1.72. The molecule has 0 aliphatic carbocycles. The number of hydrogen-bond acceptors (Lipinski definition) is 6.